The van der Waals surface area contributed by atoms with Crippen LogP contribution in [0.1, 0.15) is 33.3 Å². The highest BCUT2D eigenvalue weighted by Gasteiger charge is 2.14. The minimum atomic E-state index is -0.917. The quantitative estimate of drug-likeness (QED) is 0.813. The van der Waals surface area contributed by atoms with Crippen LogP contribution in [0, 0.1) is 0 Å². The van der Waals surface area contributed by atoms with Crippen molar-refractivity contribution >= 4 is 10.8 Å². The fraction of sp³-hybridized carbons (Fsp3) is 0.583. The van der Waals surface area contributed by atoms with E-state index in [1.807, 2.05) is 19.1 Å². The van der Waals surface area contributed by atoms with Gasteiger partial charge < -0.3 is 4.74 Å². The average Bonchev–Trinajstić information content (AvgIpc) is 2.25. The van der Waals surface area contributed by atoms with E-state index in [2.05, 4.69) is 25.8 Å². The summed E-state index contributed by atoms with van der Waals surface area (Å²) < 4.78 is 16.6. The lowest BCUT2D eigenvalue weighted by atomic mass is 9.88. The van der Waals surface area contributed by atoms with E-state index in [0.29, 0.717) is 11.6 Å². The van der Waals surface area contributed by atoms with Gasteiger partial charge in [-0.05, 0) is 17.0 Å². The lowest BCUT2D eigenvalue weighted by Crippen LogP contribution is -2.12. The van der Waals surface area contributed by atoms with Crippen LogP contribution in [-0.2, 0) is 16.2 Å². The molecular formula is C12H19NO2S. The Morgan fingerprint density at radius 2 is 2.12 bits per heavy atom. The topological polar surface area (TPSA) is 39.2 Å². The Kier molecular flexibility index (Phi) is 4.47. The highest BCUT2D eigenvalue weighted by atomic mass is 32.2. The Bertz CT molecular complexity index is 372. The van der Waals surface area contributed by atoms with Crippen LogP contribution in [0.25, 0.3) is 0 Å². The Balaban J connectivity index is 2.72. The maximum Gasteiger partial charge on any atom is 0.214 e. The number of hydrogen-bond donors (Lipinski definition) is 0. The molecule has 0 amide bonds. The molecule has 1 atom stereocenters. The summed E-state index contributed by atoms with van der Waals surface area (Å²) in [5.74, 6) is 1.38. The second kappa shape index (κ2) is 5.43. The van der Waals surface area contributed by atoms with Gasteiger partial charge in [0.1, 0.15) is 0 Å². The van der Waals surface area contributed by atoms with E-state index in [-0.39, 0.29) is 11.4 Å². The summed E-state index contributed by atoms with van der Waals surface area (Å²) in [7, 11) is -0.917. The average molecular weight is 241 g/mol. The minimum Gasteiger partial charge on any atom is -0.464 e. The van der Waals surface area contributed by atoms with E-state index in [4.69, 9.17) is 4.74 Å². The predicted octanol–water partition coefficient (Wildman–Crippen LogP) is 2.48. The standard InChI is InChI=1S/C12H19NO2S/c1-5-16(14)9-15-11-8-10(6-7-13-11)12(2,3)4/h6-8H,5,9H2,1-4H3. The molecule has 0 aliphatic rings. The lowest BCUT2D eigenvalue weighted by molar-refractivity contribution is 0.369. The summed E-state index contributed by atoms with van der Waals surface area (Å²) in [5.41, 5.74) is 1.24. The third-order valence-electron chi connectivity index (χ3n) is 2.26. The monoisotopic (exact) mass is 241 g/mol. The number of rotatable bonds is 4. The Morgan fingerprint density at radius 3 is 2.69 bits per heavy atom. The van der Waals surface area contributed by atoms with Gasteiger partial charge >= 0.3 is 0 Å². The van der Waals surface area contributed by atoms with Crippen molar-refractivity contribution in [1.82, 2.24) is 4.98 Å². The van der Waals surface area contributed by atoms with Crippen molar-refractivity contribution in [3.63, 3.8) is 0 Å². The maximum absolute atomic E-state index is 11.2. The van der Waals surface area contributed by atoms with Crippen LogP contribution >= 0.6 is 0 Å². The zero-order chi connectivity index (χ0) is 12.2. The predicted molar refractivity (Wildman–Crippen MR) is 67.1 cm³/mol. The second-order valence-corrected chi connectivity index (χ2v) is 6.32. The SMILES string of the molecule is CCS(=O)COc1cc(C(C)(C)C)ccn1. The summed E-state index contributed by atoms with van der Waals surface area (Å²) in [4.78, 5) is 4.10. The van der Waals surface area contributed by atoms with Gasteiger partial charge in [-0.15, -0.1) is 0 Å². The summed E-state index contributed by atoms with van der Waals surface area (Å²) in [6.07, 6.45) is 1.73. The van der Waals surface area contributed by atoms with Crippen LogP contribution in [0.15, 0.2) is 18.3 Å². The number of aromatic nitrogens is 1. The van der Waals surface area contributed by atoms with Gasteiger partial charge in [0.2, 0.25) is 5.88 Å². The molecule has 4 heteroatoms. The minimum absolute atomic E-state index is 0.0744. The van der Waals surface area contributed by atoms with Gasteiger partial charge in [0, 0.05) is 18.0 Å². The second-order valence-electron chi connectivity index (χ2n) is 4.62. The van der Waals surface area contributed by atoms with Crippen molar-refractivity contribution in [2.75, 3.05) is 11.7 Å². The van der Waals surface area contributed by atoms with Gasteiger partial charge in [0.05, 0.1) is 10.8 Å². The van der Waals surface area contributed by atoms with Crippen LogP contribution in [0.5, 0.6) is 5.88 Å². The van der Waals surface area contributed by atoms with Crippen LogP contribution < -0.4 is 4.74 Å². The number of ether oxygens (including phenoxy) is 1. The normalized spacial score (nSPS) is 13.5. The van der Waals surface area contributed by atoms with Gasteiger partial charge in [0.25, 0.3) is 0 Å². The highest BCUT2D eigenvalue weighted by Crippen LogP contribution is 2.24. The summed E-state index contributed by atoms with van der Waals surface area (Å²) in [5, 5.41) is 0. The summed E-state index contributed by atoms with van der Waals surface area (Å²) in [6, 6.07) is 3.89. The van der Waals surface area contributed by atoms with E-state index < -0.39 is 10.8 Å². The molecule has 0 bridgehead atoms. The van der Waals surface area contributed by atoms with Gasteiger partial charge in [-0.3, -0.25) is 4.21 Å². The molecular weight excluding hydrogens is 222 g/mol. The first kappa shape index (κ1) is 13.2. The molecule has 0 saturated heterocycles. The van der Waals surface area contributed by atoms with Gasteiger partial charge in [-0.25, -0.2) is 4.98 Å². The third-order valence-corrected chi connectivity index (χ3v) is 3.29. The van der Waals surface area contributed by atoms with Gasteiger partial charge in [-0.2, -0.15) is 0 Å². The van der Waals surface area contributed by atoms with E-state index >= 15 is 0 Å². The molecule has 16 heavy (non-hydrogen) atoms. The zero-order valence-electron chi connectivity index (χ0n) is 10.3. The fourth-order valence-corrected chi connectivity index (χ4v) is 1.58. The van der Waals surface area contributed by atoms with Crippen molar-refractivity contribution < 1.29 is 8.95 Å². The van der Waals surface area contributed by atoms with Gasteiger partial charge in [0.15, 0.2) is 5.94 Å². The molecule has 3 nitrogen and oxygen atoms in total. The molecule has 1 aromatic rings. The van der Waals surface area contributed by atoms with Crippen LogP contribution in [-0.4, -0.2) is 20.9 Å². The third kappa shape index (κ3) is 3.93. The van der Waals surface area contributed by atoms with Crippen LogP contribution in [0.3, 0.4) is 0 Å². The molecule has 0 aliphatic carbocycles. The maximum atomic E-state index is 11.2. The summed E-state index contributed by atoms with van der Waals surface area (Å²) >= 11 is 0. The zero-order valence-corrected chi connectivity index (χ0v) is 11.1. The van der Waals surface area contributed by atoms with E-state index in [0.717, 1.165) is 0 Å². The molecule has 90 valence electrons. The number of pyridine rings is 1. The highest BCUT2D eigenvalue weighted by molar-refractivity contribution is 7.84. The van der Waals surface area contributed by atoms with Crippen LogP contribution in [0.4, 0.5) is 0 Å². The molecule has 0 fully saturated rings. The summed E-state index contributed by atoms with van der Waals surface area (Å²) in [6.45, 7) is 8.28. The molecule has 1 heterocycles. The molecule has 1 unspecified atom stereocenters. The molecule has 0 N–H and O–H groups in total. The van der Waals surface area contributed by atoms with Gasteiger partial charge in [-0.1, -0.05) is 27.7 Å². The molecule has 0 aromatic carbocycles. The Morgan fingerprint density at radius 1 is 1.44 bits per heavy atom. The fourth-order valence-electron chi connectivity index (χ4n) is 1.16. The smallest absolute Gasteiger partial charge is 0.214 e. The number of hydrogen-bond acceptors (Lipinski definition) is 3. The largest absolute Gasteiger partial charge is 0.464 e. The molecule has 0 aliphatic heterocycles. The van der Waals surface area contributed by atoms with Crippen molar-refractivity contribution in [2.24, 2.45) is 0 Å². The van der Waals surface area contributed by atoms with Crippen LogP contribution in [0.2, 0.25) is 0 Å². The molecule has 1 rings (SSSR count). The molecule has 0 radical (unpaired) electrons. The Labute approximate surface area is 99.7 Å². The van der Waals surface area contributed by atoms with Crippen molar-refractivity contribution in [1.29, 1.82) is 0 Å². The van der Waals surface area contributed by atoms with Crippen molar-refractivity contribution in [3.05, 3.63) is 23.9 Å². The van der Waals surface area contributed by atoms with Crippen molar-refractivity contribution in [3.8, 4) is 5.88 Å². The lowest BCUT2D eigenvalue weighted by Gasteiger charge is -2.19. The van der Waals surface area contributed by atoms with E-state index in [9.17, 15) is 4.21 Å². The Hall–Kier alpha value is -0.900. The molecule has 0 spiro atoms. The first-order chi connectivity index (χ1) is 7.43. The molecule has 1 aromatic heterocycles. The van der Waals surface area contributed by atoms with E-state index in [1.54, 1.807) is 6.20 Å². The first-order valence-electron chi connectivity index (χ1n) is 5.38. The first-order valence-corrected chi connectivity index (χ1v) is 6.86. The van der Waals surface area contributed by atoms with E-state index in [1.165, 1.54) is 5.56 Å². The van der Waals surface area contributed by atoms with Crippen molar-refractivity contribution in [2.45, 2.75) is 33.1 Å². The molecule has 0 saturated carbocycles. The number of nitrogens with zero attached hydrogens (tertiary/aromatic N) is 1.